The summed E-state index contributed by atoms with van der Waals surface area (Å²) in [6.07, 6.45) is 3.60. The Balaban J connectivity index is 1.71. The maximum atomic E-state index is 13.6. The number of hydrogen-bond donors (Lipinski definition) is 0. The number of carbonyl (C=O) groups excluding carboxylic acids is 1. The van der Waals surface area contributed by atoms with Gasteiger partial charge in [0, 0.05) is 26.6 Å². The van der Waals surface area contributed by atoms with Crippen molar-refractivity contribution in [2.45, 2.75) is 32.6 Å². The van der Waals surface area contributed by atoms with Crippen molar-refractivity contribution in [2.24, 2.45) is 5.92 Å². The highest BCUT2D eigenvalue weighted by atomic mass is 19.1. The van der Waals surface area contributed by atoms with E-state index in [-0.39, 0.29) is 11.7 Å². The molecule has 1 amide bonds. The van der Waals surface area contributed by atoms with Gasteiger partial charge in [0.15, 0.2) is 0 Å². The summed E-state index contributed by atoms with van der Waals surface area (Å²) in [5.74, 6) is 0.726. The Morgan fingerprint density at radius 1 is 1.32 bits per heavy atom. The quantitative estimate of drug-likeness (QED) is 0.807. The lowest BCUT2D eigenvalue weighted by atomic mass is 9.96. The lowest BCUT2D eigenvalue weighted by molar-refractivity contribution is -0.130. The van der Waals surface area contributed by atoms with Crippen LogP contribution in [0, 0.1) is 11.7 Å². The molecule has 0 N–H and O–H groups in total. The van der Waals surface area contributed by atoms with Crippen LogP contribution in [0.1, 0.15) is 31.7 Å². The first-order valence-electron chi connectivity index (χ1n) is 8.30. The molecular weight excluding hydrogens is 279 g/mol. The number of rotatable bonds is 6. The minimum atomic E-state index is -0.0999. The second kappa shape index (κ2) is 8.28. The monoisotopic (exact) mass is 306 g/mol. The summed E-state index contributed by atoms with van der Waals surface area (Å²) in [7, 11) is 1.90. The van der Waals surface area contributed by atoms with Gasteiger partial charge in [-0.25, -0.2) is 4.39 Å². The standard InChI is InChI=1S/C18H27FN2O/c1-3-18(22)20(2)14-15-8-11-21(12-9-15)13-10-16-6-4-5-7-17(16)19/h4-7,15H,3,8-14H2,1-2H3. The zero-order chi connectivity index (χ0) is 15.9. The third-order valence-corrected chi connectivity index (χ3v) is 4.62. The molecule has 1 aromatic rings. The lowest BCUT2D eigenvalue weighted by Gasteiger charge is -2.33. The molecule has 3 nitrogen and oxygen atoms in total. The third kappa shape index (κ3) is 4.80. The summed E-state index contributed by atoms with van der Waals surface area (Å²) in [4.78, 5) is 15.9. The van der Waals surface area contributed by atoms with E-state index in [0.29, 0.717) is 12.3 Å². The Kier molecular flexibility index (Phi) is 6.37. The van der Waals surface area contributed by atoms with Crippen LogP contribution in [0.15, 0.2) is 24.3 Å². The van der Waals surface area contributed by atoms with Crippen LogP contribution in [0.2, 0.25) is 0 Å². The van der Waals surface area contributed by atoms with Crippen molar-refractivity contribution in [3.05, 3.63) is 35.6 Å². The van der Waals surface area contributed by atoms with E-state index in [4.69, 9.17) is 0 Å². The molecule has 0 atom stereocenters. The van der Waals surface area contributed by atoms with Gasteiger partial charge < -0.3 is 9.80 Å². The molecule has 1 fully saturated rings. The Labute approximate surface area is 133 Å². The van der Waals surface area contributed by atoms with Gasteiger partial charge in [-0.2, -0.15) is 0 Å². The highest BCUT2D eigenvalue weighted by Gasteiger charge is 2.21. The second-order valence-corrected chi connectivity index (χ2v) is 6.25. The van der Waals surface area contributed by atoms with Crippen LogP contribution in [0.3, 0.4) is 0 Å². The summed E-state index contributed by atoms with van der Waals surface area (Å²) in [5.41, 5.74) is 0.804. The van der Waals surface area contributed by atoms with Crippen molar-refractivity contribution in [2.75, 3.05) is 33.2 Å². The van der Waals surface area contributed by atoms with Crippen LogP contribution in [0.4, 0.5) is 4.39 Å². The Bertz CT molecular complexity index is 484. The first-order chi connectivity index (χ1) is 10.6. The van der Waals surface area contributed by atoms with Crippen LogP contribution >= 0.6 is 0 Å². The zero-order valence-corrected chi connectivity index (χ0v) is 13.7. The topological polar surface area (TPSA) is 23.6 Å². The van der Waals surface area contributed by atoms with Crippen LogP contribution in [0.5, 0.6) is 0 Å². The van der Waals surface area contributed by atoms with Crippen molar-refractivity contribution in [1.82, 2.24) is 9.80 Å². The number of nitrogens with zero attached hydrogens (tertiary/aromatic N) is 2. The van der Waals surface area contributed by atoms with Gasteiger partial charge in [0.1, 0.15) is 5.82 Å². The molecule has 0 spiro atoms. The average Bonchev–Trinajstić information content (AvgIpc) is 2.54. The van der Waals surface area contributed by atoms with Gasteiger partial charge in [0.05, 0.1) is 0 Å². The van der Waals surface area contributed by atoms with Gasteiger partial charge in [-0.15, -0.1) is 0 Å². The van der Waals surface area contributed by atoms with E-state index in [2.05, 4.69) is 4.90 Å². The van der Waals surface area contributed by atoms with Gasteiger partial charge in [0.25, 0.3) is 0 Å². The van der Waals surface area contributed by atoms with E-state index in [9.17, 15) is 9.18 Å². The van der Waals surface area contributed by atoms with Crippen LogP contribution in [0.25, 0.3) is 0 Å². The third-order valence-electron chi connectivity index (χ3n) is 4.62. The zero-order valence-electron chi connectivity index (χ0n) is 13.7. The van der Waals surface area contributed by atoms with Crippen LogP contribution < -0.4 is 0 Å². The fraction of sp³-hybridized carbons (Fsp3) is 0.611. The normalized spacial score (nSPS) is 16.7. The van der Waals surface area contributed by atoms with E-state index in [1.807, 2.05) is 31.0 Å². The molecule has 1 aliphatic rings. The molecule has 22 heavy (non-hydrogen) atoms. The highest BCUT2D eigenvalue weighted by Crippen LogP contribution is 2.19. The summed E-state index contributed by atoms with van der Waals surface area (Å²) in [6, 6.07) is 7.03. The Morgan fingerprint density at radius 3 is 2.64 bits per heavy atom. The molecule has 0 radical (unpaired) electrons. The smallest absolute Gasteiger partial charge is 0.222 e. The predicted octanol–water partition coefficient (Wildman–Crippen LogP) is 2.95. The summed E-state index contributed by atoms with van der Waals surface area (Å²) in [6.45, 7) is 5.79. The second-order valence-electron chi connectivity index (χ2n) is 6.25. The van der Waals surface area contributed by atoms with Gasteiger partial charge in [0.2, 0.25) is 5.91 Å². The summed E-state index contributed by atoms with van der Waals surface area (Å²) in [5, 5.41) is 0. The van der Waals surface area contributed by atoms with Crippen molar-refractivity contribution >= 4 is 5.91 Å². The number of carbonyl (C=O) groups is 1. The van der Waals surface area contributed by atoms with Crippen molar-refractivity contribution in [3.63, 3.8) is 0 Å². The molecule has 0 aromatic heterocycles. The number of hydrogen-bond acceptors (Lipinski definition) is 2. The predicted molar refractivity (Wildman–Crippen MR) is 87.2 cm³/mol. The summed E-state index contributed by atoms with van der Waals surface area (Å²) >= 11 is 0. The Hall–Kier alpha value is -1.42. The molecule has 2 rings (SSSR count). The molecule has 1 aromatic carbocycles. The molecule has 4 heteroatoms. The largest absolute Gasteiger partial charge is 0.345 e. The molecule has 1 aliphatic heterocycles. The molecule has 122 valence electrons. The van der Waals surface area contributed by atoms with Crippen LogP contribution in [-0.4, -0.2) is 48.9 Å². The number of likely N-dealkylation sites (tertiary alicyclic amines) is 1. The lowest BCUT2D eigenvalue weighted by Crippen LogP contribution is -2.40. The molecule has 0 unspecified atom stereocenters. The van der Waals surface area contributed by atoms with E-state index in [0.717, 1.165) is 51.0 Å². The van der Waals surface area contributed by atoms with Crippen molar-refractivity contribution < 1.29 is 9.18 Å². The SMILES string of the molecule is CCC(=O)N(C)CC1CCN(CCc2ccccc2F)CC1. The van der Waals surface area contributed by atoms with E-state index >= 15 is 0 Å². The number of piperidine rings is 1. The van der Waals surface area contributed by atoms with Gasteiger partial charge in [-0.1, -0.05) is 25.1 Å². The van der Waals surface area contributed by atoms with Crippen molar-refractivity contribution in [3.8, 4) is 0 Å². The molecule has 1 heterocycles. The number of amides is 1. The van der Waals surface area contributed by atoms with Gasteiger partial charge in [-0.05, 0) is 49.9 Å². The maximum absolute atomic E-state index is 13.6. The van der Waals surface area contributed by atoms with Gasteiger partial charge in [-0.3, -0.25) is 4.79 Å². The number of benzene rings is 1. The van der Waals surface area contributed by atoms with Gasteiger partial charge >= 0.3 is 0 Å². The summed E-state index contributed by atoms with van der Waals surface area (Å²) < 4.78 is 13.6. The first-order valence-corrected chi connectivity index (χ1v) is 8.30. The van der Waals surface area contributed by atoms with E-state index in [1.165, 1.54) is 6.07 Å². The highest BCUT2D eigenvalue weighted by molar-refractivity contribution is 5.75. The molecule has 0 aliphatic carbocycles. The fourth-order valence-corrected chi connectivity index (χ4v) is 3.13. The van der Waals surface area contributed by atoms with Crippen LogP contribution in [-0.2, 0) is 11.2 Å². The first kappa shape index (κ1) is 16.9. The average molecular weight is 306 g/mol. The fourth-order valence-electron chi connectivity index (χ4n) is 3.13. The Morgan fingerprint density at radius 2 is 2.00 bits per heavy atom. The molecular formula is C18H27FN2O. The minimum absolute atomic E-state index is 0.0999. The molecule has 0 bridgehead atoms. The number of halogens is 1. The molecule has 0 saturated carbocycles. The molecule has 1 saturated heterocycles. The van der Waals surface area contributed by atoms with E-state index in [1.54, 1.807) is 6.07 Å². The van der Waals surface area contributed by atoms with Crippen molar-refractivity contribution in [1.29, 1.82) is 0 Å². The van der Waals surface area contributed by atoms with E-state index < -0.39 is 0 Å². The maximum Gasteiger partial charge on any atom is 0.222 e. The minimum Gasteiger partial charge on any atom is -0.345 e.